The van der Waals surface area contributed by atoms with Gasteiger partial charge in [0.15, 0.2) is 17.3 Å². The zero-order chi connectivity index (χ0) is 51.2. The Morgan fingerprint density at radius 1 is 0.389 bits per heavy atom. The summed E-state index contributed by atoms with van der Waals surface area (Å²) in [6.45, 7) is 25.8. The van der Waals surface area contributed by atoms with Gasteiger partial charge in [-0.1, -0.05) is 131 Å². The fourth-order valence-electron chi connectivity index (χ4n) is 13.7. The van der Waals surface area contributed by atoms with Gasteiger partial charge in [0.25, 0.3) is 0 Å². The normalized spacial score (nSPS) is 22.3. The molecule has 0 bridgehead atoms. The van der Waals surface area contributed by atoms with Crippen LogP contribution in [0, 0.1) is 57.8 Å². The van der Waals surface area contributed by atoms with Gasteiger partial charge in [0.05, 0.1) is 17.1 Å². The number of nitrogens with one attached hydrogen (secondary N) is 3. The Labute approximate surface area is 425 Å². The number of hydrogen-bond donors (Lipinski definition) is 3. The van der Waals surface area contributed by atoms with Crippen LogP contribution in [0.5, 0.6) is 0 Å². The first kappa shape index (κ1) is 49.1. The van der Waals surface area contributed by atoms with Crippen LogP contribution in [0.4, 0.5) is 0 Å². The number of nitrogens with zero attached hydrogens (tertiary/aromatic N) is 3. The Hall–Kier alpha value is -6.48. The van der Waals surface area contributed by atoms with Crippen molar-refractivity contribution in [2.24, 2.45) is 16.2 Å². The van der Waals surface area contributed by atoms with Crippen LogP contribution in [0.3, 0.4) is 0 Å². The summed E-state index contributed by atoms with van der Waals surface area (Å²) in [4.78, 5) is 39.3. The summed E-state index contributed by atoms with van der Waals surface area (Å²) < 4.78 is 0. The molecule has 72 heavy (non-hydrogen) atoms. The number of Topliss-reactive ketones (excluding diaryl/α,β-unsaturated/α-hetero) is 3. The molecular formula is C63H72N6O3. The van der Waals surface area contributed by atoms with Gasteiger partial charge in [-0.3, -0.25) is 29.7 Å². The number of allylic oxidation sites excluding steroid dienone is 6. The molecule has 9 heteroatoms. The third-order valence-electron chi connectivity index (χ3n) is 16.6. The molecule has 0 fully saturated rings. The second-order valence-electron chi connectivity index (χ2n) is 24.4. The number of carbonyl (C=O) groups excluding carboxylic acids is 3. The largest absolute Gasteiger partial charge is 0.294 e. The van der Waals surface area contributed by atoms with Gasteiger partial charge in [-0.2, -0.15) is 15.3 Å². The van der Waals surface area contributed by atoms with Gasteiger partial charge < -0.3 is 0 Å². The van der Waals surface area contributed by atoms with Crippen LogP contribution in [-0.4, -0.2) is 47.9 Å². The van der Waals surface area contributed by atoms with E-state index in [-0.39, 0.29) is 34.0 Å². The van der Waals surface area contributed by atoms with Crippen molar-refractivity contribution in [3.63, 3.8) is 0 Å². The van der Waals surface area contributed by atoms with E-state index in [9.17, 15) is 14.4 Å². The lowest BCUT2D eigenvalue weighted by molar-refractivity contribution is -0.119. The van der Waals surface area contributed by atoms with E-state index in [2.05, 4.69) is 186 Å². The van der Waals surface area contributed by atoms with Gasteiger partial charge in [0, 0.05) is 107 Å². The van der Waals surface area contributed by atoms with E-state index in [1.54, 1.807) is 0 Å². The summed E-state index contributed by atoms with van der Waals surface area (Å²) in [5.41, 5.74) is 24.9. The highest BCUT2D eigenvalue weighted by Gasteiger charge is 2.45. The van der Waals surface area contributed by atoms with E-state index in [1.807, 2.05) is 0 Å². The molecule has 6 aromatic rings. The van der Waals surface area contributed by atoms with Crippen LogP contribution in [-0.2, 0) is 33.6 Å². The smallest absolute Gasteiger partial charge is 0.160 e. The molecule has 0 amide bonds. The average Bonchev–Trinajstić information content (AvgIpc) is 3.99. The van der Waals surface area contributed by atoms with Crippen molar-refractivity contribution in [1.82, 2.24) is 30.6 Å². The standard InChI is InChI=1S/3C21H24N2O/c3*1-12-7-5-6-8-15(12)20-18-13(2)22-23-16(18)9-14-10-21(3,4)11-17(24)19(14)20/h3*5-8,20H,9-11H2,1-4H3,(H,22,23)/t2*20-;/m10./s1. The molecule has 0 saturated carbocycles. The number of rotatable bonds is 3. The number of aromatic nitrogens is 6. The first-order valence-electron chi connectivity index (χ1n) is 26.1. The number of ketones is 3. The number of carbonyl (C=O) groups is 3. The monoisotopic (exact) mass is 961 g/mol. The van der Waals surface area contributed by atoms with Crippen molar-refractivity contribution in [1.29, 1.82) is 0 Å². The van der Waals surface area contributed by atoms with E-state index in [0.29, 0.717) is 36.6 Å². The third kappa shape index (κ3) is 8.85. The lowest BCUT2D eigenvalue weighted by atomic mass is 9.64. The number of H-pyrrole nitrogens is 3. The molecule has 0 spiro atoms. The predicted octanol–water partition coefficient (Wildman–Crippen LogP) is 13.2. The fraction of sp³-hybridized carbons (Fsp3) is 0.429. The highest BCUT2D eigenvalue weighted by Crippen LogP contribution is 2.53. The average molecular weight is 961 g/mol. The molecule has 0 radical (unpaired) electrons. The van der Waals surface area contributed by atoms with Crippen LogP contribution in [0.2, 0.25) is 0 Å². The molecule has 3 aromatic carbocycles. The second kappa shape index (κ2) is 18.2. The van der Waals surface area contributed by atoms with Gasteiger partial charge >= 0.3 is 0 Å². The molecule has 3 atom stereocenters. The minimum Gasteiger partial charge on any atom is -0.294 e. The van der Waals surface area contributed by atoms with Gasteiger partial charge in [-0.25, -0.2) is 0 Å². The van der Waals surface area contributed by atoms with E-state index in [4.69, 9.17) is 0 Å². The summed E-state index contributed by atoms with van der Waals surface area (Å²) >= 11 is 0. The quantitative estimate of drug-likeness (QED) is 0.162. The van der Waals surface area contributed by atoms with Gasteiger partial charge in [0.2, 0.25) is 0 Å². The van der Waals surface area contributed by atoms with Gasteiger partial charge in [-0.15, -0.1) is 0 Å². The minimum atomic E-state index is 0.0345. The summed E-state index contributed by atoms with van der Waals surface area (Å²) in [5.74, 6) is 1.06. The van der Waals surface area contributed by atoms with Crippen molar-refractivity contribution >= 4 is 17.3 Å². The number of aromatic amines is 3. The van der Waals surface area contributed by atoms with Gasteiger partial charge in [-0.05, 0) is 110 Å². The number of hydrogen-bond acceptors (Lipinski definition) is 6. The maximum atomic E-state index is 13.1. The lowest BCUT2D eigenvalue weighted by Crippen LogP contribution is -2.32. The maximum Gasteiger partial charge on any atom is 0.160 e. The Balaban J connectivity index is 0.000000124. The summed E-state index contributed by atoms with van der Waals surface area (Å²) in [5, 5.41) is 23.1. The zero-order valence-corrected chi connectivity index (χ0v) is 44.6. The fourth-order valence-corrected chi connectivity index (χ4v) is 13.7. The minimum absolute atomic E-state index is 0.0345. The van der Waals surface area contributed by atoms with Crippen LogP contribution in [0.25, 0.3) is 0 Å². The molecule has 3 heterocycles. The highest BCUT2D eigenvalue weighted by atomic mass is 16.1. The zero-order valence-electron chi connectivity index (χ0n) is 44.6. The van der Waals surface area contributed by atoms with Crippen molar-refractivity contribution in [3.8, 4) is 0 Å². The first-order chi connectivity index (χ1) is 34.1. The molecular weight excluding hydrogens is 889 g/mol. The van der Waals surface area contributed by atoms with Crippen molar-refractivity contribution in [2.75, 3.05) is 0 Å². The van der Waals surface area contributed by atoms with Crippen molar-refractivity contribution < 1.29 is 14.4 Å². The van der Waals surface area contributed by atoms with Crippen molar-refractivity contribution in [2.45, 2.75) is 159 Å². The van der Waals surface area contributed by atoms with Gasteiger partial charge in [0.1, 0.15) is 0 Å². The molecule has 372 valence electrons. The van der Waals surface area contributed by atoms with E-state index >= 15 is 0 Å². The predicted molar refractivity (Wildman–Crippen MR) is 285 cm³/mol. The molecule has 9 nitrogen and oxygen atoms in total. The molecule has 6 aliphatic carbocycles. The summed E-state index contributed by atoms with van der Waals surface area (Å²) in [6, 6.07) is 25.3. The van der Waals surface area contributed by atoms with E-state index in [0.717, 1.165) is 89.4 Å². The second-order valence-corrected chi connectivity index (χ2v) is 24.4. The number of fused-ring (bicyclic) bond motifs is 3. The highest BCUT2D eigenvalue weighted by molar-refractivity contribution is 6.02. The van der Waals surface area contributed by atoms with Crippen LogP contribution >= 0.6 is 0 Å². The molecule has 3 N–H and O–H groups in total. The van der Waals surface area contributed by atoms with Crippen LogP contribution in [0.1, 0.15) is 182 Å². The van der Waals surface area contributed by atoms with Crippen molar-refractivity contribution in [3.05, 3.63) is 190 Å². The maximum absolute atomic E-state index is 13.1. The third-order valence-corrected chi connectivity index (χ3v) is 16.6. The summed E-state index contributed by atoms with van der Waals surface area (Å²) in [7, 11) is 0. The summed E-state index contributed by atoms with van der Waals surface area (Å²) in [6.07, 6.45) is 7.32. The van der Waals surface area contributed by atoms with E-state index < -0.39 is 0 Å². The molecule has 0 aliphatic heterocycles. The van der Waals surface area contributed by atoms with Crippen LogP contribution in [0.15, 0.2) is 106 Å². The topological polar surface area (TPSA) is 137 Å². The number of benzene rings is 3. The molecule has 0 saturated heterocycles. The molecule has 3 aromatic heterocycles. The molecule has 6 aliphatic rings. The molecule has 1 unspecified atom stereocenters. The Morgan fingerprint density at radius 3 is 0.889 bits per heavy atom. The number of aryl methyl sites for hydroxylation is 6. The van der Waals surface area contributed by atoms with Crippen LogP contribution < -0.4 is 0 Å². The Morgan fingerprint density at radius 2 is 0.639 bits per heavy atom. The lowest BCUT2D eigenvalue weighted by Gasteiger charge is -2.38. The Bertz CT molecular complexity index is 2960. The first-order valence-corrected chi connectivity index (χ1v) is 26.1. The SMILES string of the molecule is Cc1ccccc1C1C2=C(Cc3n[nH]c(C)c31)CC(C)(C)CC2=O.Cc1ccccc1[C@@H]1C2=C(Cc3n[nH]c(C)c31)CC(C)(C)CC2=O.Cc1ccccc1[C@H]1C2=C(Cc3n[nH]c(C)c31)CC(C)(C)CC2=O. The Kier molecular flexibility index (Phi) is 12.4. The van der Waals surface area contributed by atoms with E-state index in [1.165, 1.54) is 66.8 Å². The molecule has 12 rings (SSSR count).